The molecule has 1 aromatic heterocycles. The smallest absolute Gasteiger partial charge is 0.137 e. The maximum Gasteiger partial charge on any atom is 0.137 e. The zero-order valence-corrected chi connectivity index (χ0v) is 18.9. The molecule has 0 radical (unpaired) electrons. The Morgan fingerprint density at radius 2 is 2.07 bits per heavy atom. The van der Waals surface area contributed by atoms with Gasteiger partial charge in [0.2, 0.25) is 0 Å². The minimum Gasteiger partial charge on any atom is -0.363 e. The molecule has 2 aromatic rings. The first-order valence-electron chi connectivity index (χ1n) is 10.8. The lowest BCUT2D eigenvalue weighted by molar-refractivity contribution is 0.366. The SMILES string of the molecule is C=C(/C=C/CN(C)C)Nc1cc2c(NC3C=CC(CC)C(C)C3)ncnc2cc1C. The van der Waals surface area contributed by atoms with E-state index in [0.29, 0.717) is 17.9 Å². The van der Waals surface area contributed by atoms with Crippen LogP contribution in [0.4, 0.5) is 11.5 Å². The summed E-state index contributed by atoms with van der Waals surface area (Å²) in [6.45, 7) is 11.7. The van der Waals surface area contributed by atoms with Crippen molar-refractivity contribution in [2.45, 2.75) is 39.7 Å². The van der Waals surface area contributed by atoms with Crippen LogP contribution in [0.2, 0.25) is 0 Å². The number of benzene rings is 1. The summed E-state index contributed by atoms with van der Waals surface area (Å²) in [5, 5.41) is 8.09. The summed E-state index contributed by atoms with van der Waals surface area (Å²) in [4.78, 5) is 11.2. The lowest BCUT2D eigenvalue weighted by Gasteiger charge is -2.29. The number of likely N-dealkylation sites (N-methyl/N-ethyl adjacent to an activating group) is 1. The molecule has 30 heavy (non-hydrogen) atoms. The van der Waals surface area contributed by atoms with E-state index < -0.39 is 0 Å². The normalized spacial score (nSPS) is 21.5. The molecule has 3 atom stereocenters. The molecule has 1 aliphatic rings. The van der Waals surface area contributed by atoms with Crippen LogP contribution in [0.3, 0.4) is 0 Å². The Bertz CT molecular complexity index is 944. The van der Waals surface area contributed by atoms with Crippen molar-refractivity contribution in [3.63, 3.8) is 0 Å². The Balaban J connectivity index is 1.82. The second-order valence-electron chi connectivity index (χ2n) is 8.64. The highest BCUT2D eigenvalue weighted by Crippen LogP contribution is 2.31. The summed E-state index contributed by atoms with van der Waals surface area (Å²) in [7, 11) is 4.10. The predicted octanol–water partition coefficient (Wildman–Crippen LogP) is 5.38. The van der Waals surface area contributed by atoms with E-state index >= 15 is 0 Å². The van der Waals surface area contributed by atoms with Crippen molar-refractivity contribution in [1.82, 2.24) is 14.9 Å². The number of aryl methyl sites for hydroxylation is 1. The molecule has 0 amide bonds. The molecule has 1 aliphatic carbocycles. The van der Waals surface area contributed by atoms with Crippen LogP contribution in [-0.4, -0.2) is 41.5 Å². The fourth-order valence-electron chi connectivity index (χ4n) is 4.02. The number of nitrogens with zero attached hydrogens (tertiary/aromatic N) is 3. The molecule has 160 valence electrons. The Labute approximate surface area is 181 Å². The summed E-state index contributed by atoms with van der Waals surface area (Å²) in [5.74, 6) is 2.23. The molecule has 0 fully saturated rings. The molecule has 0 aliphatic heterocycles. The number of nitrogens with one attached hydrogen (secondary N) is 2. The van der Waals surface area contributed by atoms with Gasteiger partial charge in [-0.25, -0.2) is 9.97 Å². The van der Waals surface area contributed by atoms with Crippen molar-refractivity contribution >= 4 is 22.4 Å². The topological polar surface area (TPSA) is 53.1 Å². The van der Waals surface area contributed by atoms with Gasteiger partial charge in [-0.05, 0) is 69.5 Å². The van der Waals surface area contributed by atoms with Gasteiger partial charge in [0.15, 0.2) is 0 Å². The van der Waals surface area contributed by atoms with Gasteiger partial charge in [-0.15, -0.1) is 0 Å². The molecule has 0 saturated carbocycles. The van der Waals surface area contributed by atoms with Crippen LogP contribution in [0, 0.1) is 18.8 Å². The van der Waals surface area contributed by atoms with Gasteiger partial charge in [0, 0.05) is 29.4 Å². The average molecular weight is 406 g/mol. The summed E-state index contributed by atoms with van der Waals surface area (Å²) >= 11 is 0. The zero-order valence-electron chi connectivity index (χ0n) is 18.9. The quantitative estimate of drug-likeness (QED) is 0.456. The van der Waals surface area contributed by atoms with Gasteiger partial charge < -0.3 is 15.5 Å². The first kappa shape index (κ1) is 22.0. The number of aromatic nitrogens is 2. The van der Waals surface area contributed by atoms with Crippen molar-refractivity contribution in [2.24, 2.45) is 11.8 Å². The van der Waals surface area contributed by atoms with Crippen LogP contribution >= 0.6 is 0 Å². The molecule has 5 heteroatoms. The molecule has 5 nitrogen and oxygen atoms in total. The Morgan fingerprint density at radius 1 is 1.27 bits per heavy atom. The van der Waals surface area contributed by atoms with E-state index in [1.165, 1.54) is 6.42 Å². The first-order chi connectivity index (χ1) is 14.4. The minimum atomic E-state index is 0.294. The highest BCUT2D eigenvalue weighted by atomic mass is 15.0. The number of rotatable bonds is 8. The number of fused-ring (bicyclic) bond motifs is 1. The van der Waals surface area contributed by atoms with E-state index in [2.05, 4.69) is 83.2 Å². The summed E-state index contributed by atoms with van der Waals surface area (Å²) in [6, 6.07) is 4.53. The van der Waals surface area contributed by atoms with E-state index in [9.17, 15) is 0 Å². The Hall–Kier alpha value is -2.66. The van der Waals surface area contributed by atoms with Gasteiger partial charge in [-0.1, -0.05) is 38.7 Å². The molecule has 0 bridgehead atoms. The fourth-order valence-corrected chi connectivity index (χ4v) is 4.02. The van der Waals surface area contributed by atoms with Crippen molar-refractivity contribution < 1.29 is 0 Å². The maximum absolute atomic E-state index is 4.56. The minimum absolute atomic E-state index is 0.294. The summed E-state index contributed by atoms with van der Waals surface area (Å²) in [6.07, 6.45) is 12.7. The van der Waals surface area contributed by atoms with E-state index in [0.717, 1.165) is 46.6 Å². The van der Waals surface area contributed by atoms with Crippen LogP contribution in [0.15, 0.2) is 55.0 Å². The average Bonchev–Trinajstić information content (AvgIpc) is 2.69. The Morgan fingerprint density at radius 3 is 2.77 bits per heavy atom. The third-order valence-electron chi connectivity index (χ3n) is 5.81. The van der Waals surface area contributed by atoms with Gasteiger partial charge in [0.1, 0.15) is 12.1 Å². The second kappa shape index (κ2) is 9.90. The van der Waals surface area contributed by atoms with Gasteiger partial charge in [-0.3, -0.25) is 0 Å². The lowest BCUT2D eigenvalue weighted by Crippen LogP contribution is -2.27. The highest BCUT2D eigenvalue weighted by Gasteiger charge is 2.22. The van der Waals surface area contributed by atoms with Crippen LogP contribution in [0.5, 0.6) is 0 Å². The molecule has 0 spiro atoms. The largest absolute Gasteiger partial charge is 0.363 e. The summed E-state index contributed by atoms with van der Waals surface area (Å²) < 4.78 is 0. The van der Waals surface area contributed by atoms with Gasteiger partial charge >= 0.3 is 0 Å². The molecule has 0 saturated heterocycles. The van der Waals surface area contributed by atoms with Crippen LogP contribution in [0.1, 0.15) is 32.3 Å². The monoisotopic (exact) mass is 405 g/mol. The van der Waals surface area contributed by atoms with E-state index in [1.54, 1.807) is 6.33 Å². The second-order valence-corrected chi connectivity index (χ2v) is 8.64. The van der Waals surface area contributed by atoms with Crippen LogP contribution in [0.25, 0.3) is 10.9 Å². The van der Waals surface area contributed by atoms with E-state index in [-0.39, 0.29) is 0 Å². The maximum atomic E-state index is 4.56. The van der Waals surface area contributed by atoms with Crippen LogP contribution < -0.4 is 10.6 Å². The predicted molar refractivity (Wildman–Crippen MR) is 129 cm³/mol. The van der Waals surface area contributed by atoms with Gasteiger partial charge in [-0.2, -0.15) is 0 Å². The molecular weight excluding hydrogens is 370 g/mol. The van der Waals surface area contributed by atoms with Crippen molar-refractivity contribution in [3.8, 4) is 0 Å². The first-order valence-corrected chi connectivity index (χ1v) is 10.8. The van der Waals surface area contributed by atoms with Crippen molar-refractivity contribution in [2.75, 3.05) is 31.3 Å². The van der Waals surface area contributed by atoms with E-state index in [1.807, 2.05) is 20.2 Å². The fraction of sp³-hybridized carbons (Fsp3) is 0.440. The molecule has 1 aromatic carbocycles. The molecular formula is C25H35N5. The number of hydrogen-bond acceptors (Lipinski definition) is 5. The molecule has 1 heterocycles. The van der Waals surface area contributed by atoms with Crippen LogP contribution in [-0.2, 0) is 0 Å². The molecule has 3 rings (SSSR count). The van der Waals surface area contributed by atoms with Crippen molar-refractivity contribution in [1.29, 1.82) is 0 Å². The van der Waals surface area contributed by atoms with E-state index in [4.69, 9.17) is 0 Å². The number of allylic oxidation sites excluding steroid dienone is 2. The van der Waals surface area contributed by atoms with Gasteiger partial charge in [0.25, 0.3) is 0 Å². The third kappa shape index (κ3) is 5.48. The summed E-state index contributed by atoms with van der Waals surface area (Å²) in [5.41, 5.74) is 3.97. The third-order valence-corrected chi connectivity index (χ3v) is 5.81. The number of anilines is 2. The Kier molecular flexibility index (Phi) is 7.27. The molecule has 2 N–H and O–H groups in total. The standard InChI is InChI=1S/C25H35N5/c1-7-20-10-11-21(13-17(20)2)29-25-22-15-23(18(3)14-24(22)26-16-27-25)28-19(4)9-8-12-30(5)6/h8-11,14-17,20-21,28H,4,7,12-13H2,1-3,5-6H3,(H,26,27,29)/b9-8+. The van der Waals surface area contributed by atoms with Crippen molar-refractivity contribution in [3.05, 3.63) is 60.6 Å². The van der Waals surface area contributed by atoms with Gasteiger partial charge in [0.05, 0.1) is 5.52 Å². The molecule has 3 unspecified atom stereocenters. The number of hydrogen-bond donors (Lipinski definition) is 2. The zero-order chi connectivity index (χ0) is 21.7. The highest BCUT2D eigenvalue weighted by molar-refractivity contribution is 5.93. The lowest BCUT2D eigenvalue weighted by atomic mass is 9.82.